The maximum Gasteiger partial charge on any atom is 0.653 e. The Bertz CT molecular complexity index is 374. The summed E-state index contributed by atoms with van der Waals surface area (Å²) in [4.78, 5) is 34.3. The molecule has 0 amide bonds. The molecule has 0 spiro atoms. The maximum atomic E-state index is 12.2. The van der Waals surface area contributed by atoms with E-state index in [9.17, 15) is 18.9 Å². The molecule has 3 N–H and O–H groups in total. The van der Waals surface area contributed by atoms with E-state index in [0.29, 0.717) is 0 Å². The minimum atomic E-state index is -4.80. The summed E-state index contributed by atoms with van der Waals surface area (Å²) in [5.41, 5.74) is 0. The van der Waals surface area contributed by atoms with Crippen molar-refractivity contribution < 1.29 is 47.8 Å². The van der Waals surface area contributed by atoms with Crippen LogP contribution in [0.1, 0.15) is 38.5 Å². The highest BCUT2D eigenvalue weighted by molar-refractivity contribution is 7.50. The molecular weight excluding hydrogens is 335 g/mol. The number of carbonyl (C=O) groups excluding carboxylic acids is 3. The third-order valence-corrected chi connectivity index (χ3v) is 3.54. The summed E-state index contributed by atoms with van der Waals surface area (Å²) in [6, 6.07) is 0. The third-order valence-electron chi connectivity index (χ3n) is 2.26. The van der Waals surface area contributed by atoms with Crippen LogP contribution in [0, 0.1) is 0 Å². The Hall–Kier alpha value is -1.48. The first-order chi connectivity index (χ1) is 10.9. The number of rotatable bonds is 12. The molecule has 0 bridgehead atoms. The third kappa shape index (κ3) is 10.8. The lowest BCUT2D eigenvalue weighted by atomic mass is 10.3. The summed E-state index contributed by atoms with van der Waals surface area (Å²) in [6.07, 6.45) is -0.879. The van der Waals surface area contributed by atoms with Crippen molar-refractivity contribution in [1.29, 1.82) is 0 Å². The van der Waals surface area contributed by atoms with E-state index >= 15 is 0 Å². The van der Waals surface area contributed by atoms with Gasteiger partial charge < -0.3 is 28.9 Å². The van der Waals surface area contributed by atoms with Gasteiger partial charge in [-0.05, 0) is 19.3 Å². The number of carbonyl (C=O) groups is 3. The zero-order valence-corrected chi connectivity index (χ0v) is 13.4. The lowest BCUT2D eigenvalue weighted by Gasteiger charge is -2.16. The first-order valence-electron chi connectivity index (χ1n) is 6.96. The number of hydrogen-bond donors (Lipinski definition) is 3. The molecule has 0 heterocycles. The Morgan fingerprint density at radius 2 is 0.913 bits per heavy atom. The van der Waals surface area contributed by atoms with Crippen LogP contribution in [0.3, 0.4) is 0 Å². The van der Waals surface area contributed by atoms with Crippen LogP contribution >= 0.6 is 7.82 Å². The average Bonchev–Trinajstić information content (AvgIpc) is 2.48. The fourth-order valence-corrected chi connectivity index (χ4v) is 2.37. The number of aliphatic hydroxyl groups excluding tert-OH is 3. The minimum absolute atomic E-state index is 0.0236. The largest absolute Gasteiger partial charge is 0.653 e. The molecule has 0 saturated heterocycles. The molecule has 0 aromatic carbocycles. The lowest BCUT2D eigenvalue weighted by molar-refractivity contribution is -0.145. The highest BCUT2D eigenvalue weighted by Gasteiger charge is 2.38. The highest BCUT2D eigenvalue weighted by Crippen LogP contribution is 2.50. The number of hydrogen-bond acceptors (Lipinski definition) is 10. The zero-order valence-electron chi connectivity index (χ0n) is 12.5. The molecule has 0 saturated carbocycles. The van der Waals surface area contributed by atoms with Crippen molar-refractivity contribution in [1.82, 2.24) is 0 Å². The molecule has 134 valence electrons. The van der Waals surface area contributed by atoms with E-state index in [1.807, 2.05) is 0 Å². The van der Waals surface area contributed by atoms with Crippen molar-refractivity contribution in [3.8, 4) is 0 Å². The smallest absolute Gasteiger partial charge is 0.396 e. The van der Waals surface area contributed by atoms with Gasteiger partial charge in [0.25, 0.3) is 0 Å². The summed E-state index contributed by atoms with van der Waals surface area (Å²) < 4.78 is 25.5. The van der Waals surface area contributed by atoms with Crippen molar-refractivity contribution in [2.45, 2.75) is 38.5 Å². The molecule has 0 aromatic heterocycles. The van der Waals surface area contributed by atoms with Gasteiger partial charge in [-0.2, -0.15) is 4.57 Å². The topological polar surface area (TPSA) is 157 Å². The van der Waals surface area contributed by atoms with Crippen molar-refractivity contribution in [3.05, 3.63) is 0 Å². The molecular formula is C12H21O10P. The van der Waals surface area contributed by atoms with Crippen molar-refractivity contribution in [2.75, 3.05) is 19.8 Å². The van der Waals surface area contributed by atoms with Crippen molar-refractivity contribution in [2.24, 2.45) is 0 Å². The van der Waals surface area contributed by atoms with Gasteiger partial charge in [0.05, 0.1) is 0 Å². The molecule has 0 aliphatic rings. The first-order valence-corrected chi connectivity index (χ1v) is 8.42. The summed E-state index contributed by atoms with van der Waals surface area (Å²) in [6.45, 7) is -0.941. The molecule has 0 unspecified atom stereocenters. The summed E-state index contributed by atoms with van der Waals surface area (Å²) in [5.74, 6) is -3.23. The van der Waals surface area contributed by atoms with Gasteiger partial charge in [0.15, 0.2) is 0 Å². The highest BCUT2D eigenvalue weighted by atomic mass is 31.2. The molecule has 23 heavy (non-hydrogen) atoms. The van der Waals surface area contributed by atoms with Gasteiger partial charge in [-0.3, -0.25) is 14.4 Å². The van der Waals surface area contributed by atoms with Crippen LogP contribution in [-0.2, 0) is 32.5 Å². The Morgan fingerprint density at radius 3 is 1.13 bits per heavy atom. The van der Waals surface area contributed by atoms with Crippen LogP contribution in [0.5, 0.6) is 0 Å². The summed E-state index contributed by atoms with van der Waals surface area (Å²) in [7, 11) is -4.80. The summed E-state index contributed by atoms with van der Waals surface area (Å²) >= 11 is 0. The van der Waals surface area contributed by atoms with Crippen LogP contribution < -0.4 is 0 Å². The van der Waals surface area contributed by atoms with Crippen LogP contribution in [0.4, 0.5) is 0 Å². The Morgan fingerprint density at radius 1 is 0.652 bits per heavy atom. The van der Waals surface area contributed by atoms with Gasteiger partial charge in [-0.15, -0.1) is 0 Å². The summed E-state index contributed by atoms with van der Waals surface area (Å²) in [5, 5.41) is 25.8. The van der Waals surface area contributed by atoms with E-state index in [4.69, 9.17) is 15.3 Å². The van der Waals surface area contributed by atoms with E-state index in [0.717, 1.165) is 0 Å². The van der Waals surface area contributed by atoms with E-state index in [2.05, 4.69) is 13.6 Å². The van der Waals surface area contributed by atoms with E-state index < -0.39 is 25.7 Å². The average molecular weight is 356 g/mol. The molecule has 0 aromatic rings. The number of phosphoric acid groups is 1. The second kappa shape index (κ2) is 12.0. The molecule has 0 fully saturated rings. The zero-order chi connectivity index (χ0) is 17.7. The predicted molar refractivity (Wildman–Crippen MR) is 74.8 cm³/mol. The first kappa shape index (κ1) is 21.5. The molecule has 0 rings (SSSR count). The molecule has 0 aliphatic heterocycles. The second-order valence-corrected chi connectivity index (χ2v) is 5.76. The van der Waals surface area contributed by atoms with Gasteiger partial charge in [-0.1, -0.05) is 0 Å². The van der Waals surface area contributed by atoms with Gasteiger partial charge in [0.1, 0.15) is 0 Å². The van der Waals surface area contributed by atoms with E-state index in [1.165, 1.54) is 0 Å². The quantitative estimate of drug-likeness (QED) is 0.408. The molecule has 11 heteroatoms. The fraction of sp³-hybridized carbons (Fsp3) is 0.750. The monoisotopic (exact) mass is 356 g/mol. The van der Waals surface area contributed by atoms with Crippen LogP contribution in [0.2, 0.25) is 0 Å². The van der Waals surface area contributed by atoms with E-state index in [-0.39, 0.29) is 58.3 Å². The number of phosphoric ester groups is 1. The van der Waals surface area contributed by atoms with Gasteiger partial charge in [-0.25, -0.2) is 0 Å². The Labute approximate surface area is 133 Å². The molecule has 10 nitrogen and oxygen atoms in total. The predicted octanol–water partition coefficient (Wildman–Crippen LogP) is 0.0416. The fourth-order valence-electron chi connectivity index (χ4n) is 1.24. The molecule has 0 atom stereocenters. The molecule has 0 aliphatic carbocycles. The van der Waals surface area contributed by atoms with E-state index in [1.54, 1.807) is 0 Å². The van der Waals surface area contributed by atoms with Gasteiger partial charge in [0.2, 0.25) is 0 Å². The standard InChI is InChI=1S/C12H21O10P/c13-7-1-4-10(16)20-23(19,21-11(17)5-2-8-14)22-12(18)6-3-9-15/h13-15H,1-9H2. The van der Waals surface area contributed by atoms with Gasteiger partial charge >= 0.3 is 25.7 Å². The van der Waals surface area contributed by atoms with Gasteiger partial charge in [0, 0.05) is 39.1 Å². The Kier molecular flexibility index (Phi) is 11.2. The normalized spacial score (nSPS) is 10.9. The lowest BCUT2D eigenvalue weighted by Crippen LogP contribution is -2.14. The SMILES string of the molecule is O=C(CCCO)OP(=O)(OC(=O)CCCO)OC(=O)CCCO. The second-order valence-electron chi connectivity index (χ2n) is 4.32. The number of aliphatic hydroxyl groups is 3. The van der Waals surface area contributed by atoms with Crippen molar-refractivity contribution in [3.63, 3.8) is 0 Å². The maximum absolute atomic E-state index is 12.2. The van der Waals surface area contributed by atoms with Crippen LogP contribution in [0.25, 0.3) is 0 Å². The minimum Gasteiger partial charge on any atom is -0.396 e. The Balaban J connectivity index is 4.81. The van der Waals surface area contributed by atoms with Crippen LogP contribution in [0.15, 0.2) is 0 Å². The van der Waals surface area contributed by atoms with Crippen molar-refractivity contribution >= 4 is 25.7 Å². The molecule has 0 radical (unpaired) electrons. The van der Waals surface area contributed by atoms with Crippen LogP contribution in [-0.4, -0.2) is 53.0 Å².